The van der Waals surface area contributed by atoms with E-state index >= 15 is 0 Å². The molecule has 0 aliphatic rings. The Morgan fingerprint density at radius 3 is 2.41 bits per heavy atom. The lowest BCUT2D eigenvalue weighted by Crippen LogP contribution is -2.24. The first kappa shape index (κ1) is 24.9. The van der Waals surface area contributed by atoms with Crippen molar-refractivity contribution in [3.8, 4) is 16.9 Å². The first-order valence-electron chi connectivity index (χ1n) is 10.3. The van der Waals surface area contributed by atoms with E-state index < -0.39 is 34.8 Å². The van der Waals surface area contributed by atoms with Gasteiger partial charge in [0.25, 0.3) is 5.91 Å². The quantitative estimate of drug-likeness (QED) is 0.311. The van der Waals surface area contributed by atoms with Crippen molar-refractivity contribution in [3.63, 3.8) is 0 Å². The van der Waals surface area contributed by atoms with Crippen LogP contribution in [-0.4, -0.2) is 18.8 Å². The third-order valence-electron chi connectivity index (χ3n) is 4.89. The fourth-order valence-corrected chi connectivity index (χ4v) is 3.24. The zero-order valence-electron chi connectivity index (χ0n) is 18.0. The summed E-state index contributed by atoms with van der Waals surface area (Å²) in [7, 11) is 0. The molecule has 0 saturated carbocycles. The van der Waals surface area contributed by atoms with Gasteiger partial charge in [-0.3, -0.25) is 9.59 Å². The van der Waals surface area contributed by atoms with Crippen molar-refractivity contribution in [2.24, 2.45) is 0 Å². The van der Waals surface area contributed by atoms with Crippen LogP contribution in [0.2, 0.25) is 0 Å². The van der Waals surface area contributed by atoms with Gasteiger partial charge in [-0.1, -0.05) is 13.0 Å². The van der Waals surface area contributed by atoms with Gasteiger partial charge in [0.2, 0.25) is 0 Å². The topological polar surface area (TPSA) is 55.4 Å². The molecule has 0 heterocycles. The van der Waals surface area contributed by atoms with Crippen LogP contribution in [-0.2, 0) is 12.7 Å². The minimum atomic E-state index is -4.73. The number of halogens is 5. The predicted molar refractivity (Wildman–Crippen MR) is 116 cm³/mol. The van der Waals surface area contributed by atoms with Crippen LogP contribution in [0.5, 0.6) is 5.75 Å². The summed E-state index contributed by atoms with van der Waals surface area (Å²) in [6, 6.07) is 10.4. The molecule has 4 nitrogen and oxygen atoms in total. The molecule has 0 bridgehead atoms. The summed E-state index contributed by atoms with van der Waals surface area (Å²) in [4.78, 5) is 23.5. The Hall–Kier alpha value is -3.75. The highest BCUT2D eigenvalue weighted by Gasteiger charge is 2.31. The van der Waals surface area contributed by atoms with E-state index in [1.54, 1.807) is 18.2 Å². The third-order valence-corrected chi connectivity index (χ3v) is 4.89. The lowest BCUT2D eigenvalue weighted by atomic mass is 10.00. The summed E-state index contributed by atoms with van der Waals surface area (Å²) in [6.45, 7) is 2.14. The van der Waals surface area contributed by atoms with E-state index in [2.05, 4.69) is 5.32 Å². The van der Waals surface area contributed by atoms with Gasteiger partial charge in [-0.25, -0.2) is 8.78 Å². The zero-order valence-corrected chi connectivity index (χ0v) is 18.0. The van der Waals surface area contributed by atoms with Gasteiger partial charge >= 0.3 is 6.18 Å². The molecule has 0 aliphatic heterocycles. The van der Waals surface area contributed by atoms with Gasteiger partial charge in [-0.2, -0.15) is 13.2 Å². The Kier molecular flexibility index (Phi) is 7.65. The van der Waals surface area contributed by atoms with Gasteiger partial charge in [0.15, 0.2) is 0 Å². The minimum Gasteiger partial charge on any atom is -0.493 e. The lowest BCUT2D eigenvalue weighted by molar-refractivity contribution is -0.137. The molecule has 9 heteroatoms. The summed E-state index contributed by atoms with van der Waals surface area (Å²) >= 11 is 0. The van der Waals surface area contributed by atoms with E-state index in [0.717, 1.165) is 12.1 Å². The van der Waals surface area contributed by atoms with Gasteiger partial charge < -0.3 is 10.1 Å². The molecule has 3 aromatic carbocycles. The Morgan fingerprint density at radius 2 is 1.76 bits per heavy atom. The first-order valence-corrected chi connectivity index (χ1v) is 10.3. The molecular weight excluding hydrogens is 457 g/mol. The van der Waals surface area contributed by atoms with Crippen LogP contribution < -0.4 is 10.1 Å². The minimum absolute atomic E-state index is 0.137. The monoisotopic (exact) mass is 477 g/mol. The van der Waals surface area contributed by atoms with E-state index in [-0.39, 0.29) is 18.2 Å². The molecule has 3 rings (SSSR count). The third kappa shape index (κ3) is 5.98. The van der Waals surface area contributed by atoms with Crippen LogP contribution in [0.1, 0.15) is 45.2 Å². The van der Waals surface area contributed by atoms with Crippen LogP contribution in [0.4, 0.5) is 22.0 Å². The van der Waals surface area contributed by atoms with Crippen molar-refractivity contribution in [1.29, 1.82) is 0 Å². The second-order valence-corrected chi connectivity index (χ2v) is 7.44. The van der Waals surface area contributed by atoms with Gasteiger partial charge in [-0.15, -0.1) is 0 Å². The maximum atomic E-state index is 14.1. The first-order chi connectivity index (χ1) is 16.1. The number of rotatable bonds is 8. The number of carbonyl (C=O) groups excluding carboxylic acids is 2. The maximum absolute atomic E-state index is 14.1. The smallest absolute Gasteiger partial charge is 0.416 e. The molecule has 0 saturated heterocycles. The molecule has 0 aromatic heterocycles. The number of amides is 1. The lowest BCUT2D eigenvalue weighted by Gasteiger charge is -2.15. The highest BCUT2D eigenvalue weighted by atomic mass is 19.4. The number of nitrogens with one attached hydrogen (secondary N) is 1. The molecule has 34 heavy (non-hydrogen) atoms. The molecule has 0 radical (unpaired) electrons. The number of aldehydes is 1. The molecule has 178 valence electrons. The molecule has 1 N–H and O–H groups in total. The highest BCUT2D eigenvalue weighted by Crippen LogP contribution is 2.31. The number of alkyl halides is 3. The SMILES string of the molecule is CCCOc1ccc(-c2cc(F)cc(C=O)c2)cc1CNC(=O)c1ccc(C(F)(F)F)cc1F. The number of ether oxygens (including phenoxy) is 1. The van der Waals surface area contributed by atoms with E-state index in [1.807, 2.05) is 6.92 Å². The van der Waals surface area contributed by atoms with Crippen molar-refractivity contribution in [2.45, 2.75) is 26.1 Å². The number of carbonyl (C=O) groups is 2. The van der Waals surface area contributed by atoms with Gasteiger partial charge in [0.1, 0.15) is 23.7 Å². The summed E-state index contributed by atoms with van der Waals surface area (Å²) in [6.07, 6.45) is -3.51. The van der Waals surface area contributed by atoms with Crippen LogP contribution in [0.25, 0.3) is 11.1 Å². The Labute approximate surface area is 192 Å². The summed E-state index contributed by atoms with van der Waals surface area (Å²) < 4.78 is 71.9. The Balaban J connectivity index is 1.87. The largest absolute Gasteiger partial charge is 0.493 e. The van der Waals surface area contributed by atoms with E-state index in [9.17, 15) is 31.5 Å². The van der Waals surface area contributed by atoms with E-state index in [1.165, 1.54) is 12.1 Å². The zero-order chi connectivity index (χ0) is 24.9. The van der Waals surface area contributed by atoms with Crippen LogP contribution in [0.15, 0.2) is 54.6 Å². The van der Waals surface area contributed by atoms with Crippen LogP contribution in [0.3, 0.4) is 0 Å². The van der Waals surface area contributed by atoms with Crippen molar-refractivity contribution >= 4 is 12.2 Å². The average Bonchev–Trinajstić information content (AvgIpc) is 2.80. The molecule has 0 atom stereocenters. The van der Waals surface area contributed by atoms with E-state index in [4.69, 9.17) is 4.74 Å². The normalized spacial score (nSPS) is 11.2. The standard InChI is InChI=1S/C25H20F5NO3/c1-2-7-34-23-6-3-16(17-8-15(14-32)9-20(26)11-17)10-18(23)13-31-24(33)21-5-4-19(12-22(21)27)25(28,29)30/h3-6,8-12,14H,2,7,13H2,1H3,(H,31,33). The highest BCUT2D eigenvalue weighted by molar-refractivity contribution is 5.94. The predicted octanol–water partition coefficient (Wildman–Crippen LogP) is 6.18. The average molecular weight is 477 g/mol. The molecule has 3 aromatic rings. The molecule has 1 amide bonds. The summed E-state index contributed by atoms with van der Waals surface area (Å²) in [5.41, 5.74) is -0.158. The summed E-state index contributed by atoms with van der Waals surface area (Å²) in [5, 5.41) is 2.47. The molecule has 0 fully saturated rings. The second kappa shape index (κ2) is 10.5. The Morgan fingerprint density at radius 1 is 1.00 bits per heavy atom. The van der Waals surface area contributed by atoms with Crippen molar-refractivity contribution in [3.05, 3.63) is 88.5 Å². The van der Waals surface area contributed by atoms with Gasteiger partial charge in [0, 0.05) is 17.7 Å². The summed E-state index contributed by atoms with van der Waals surface area (Å²) in [5.74, 6) is -2.39. The Bertz CT molecular complexity index is 1210. The van der Waals surface area contributed by atoms with Gasteiger partial charge in [-0.05, 0) is 66.1 Å². The second-order valence-electron chi connectivity index (χ2n) is 7.44. The van der Waals surface area contributed by atoms with Crippen molar-refractivity contribution in [1.82, 2.24) is 5.32 Å². The number of hydrogen-bond donors (Lipinski definition) is 1. The van der Waals surface area contributed by atoms with Crippen molar-refractivity contribution < 1.29 is 36.3 Å². The number of benzene rings is 3. The van der Waals surface area contributed by atoms with Crippen molar-refractivity contribution in [2.75, 3.05) is 6.61 Å². The fraction of sp³-hybridized carbons (Fsp3) is 0.200. The van der Waals surface area contributed by atoms with Crippen LogP contribution in [0, 0.1) is 11.6 Å². The van der Waals surface area contributed by atoms with Crippen LogP contribution >= 0.6 is 0 Å². The van der Waals surface area contributed by atoms with E-state index in [0.29, 0.717) is 47.8 Å². The molecular formula is C25H20F5NO3. The molecule has 0 aliphatic carbocycles. The number of hydrogen-bond acceptors (Lipinski definition) is 3. The van der Waals surface area contributed by atoms with Gasteiger partial charge in [0.05, 0.1) is 17.7 Å². The molecule has 0 unspecified atom stereocenters. The fourth-order valence-electron chi connectivity index (χ4n) is 3.24. The molecule has 0 spiro atoms. The maximum Gasteiger partial charge on any atom is 0.416 e.